The van der Waals surface area contributed by atoms with Crippen LogP contribution in [0.25, 0.3) is 0 Å². The lowest BCUT2D eigenvalue weighted by Gasteiger charge is -2.28. The van der Waals surface area contributed by atoms with Crippen LogP contribution < -0.4 is 10.6 Å². The number of aromatic nitrogens is 1. The monoisotopic (exact) mass is 269 g/mol. The van der Waals surface area contributed by atoms with Gasteiger partial charge in [0.05, 0.1) is 5.56 Å². The molecule has 0 aromatic carbocycles. The highest BCUT2D eigenvalue weighted by atomic mass is 35.5. The van der Waals surface area contributed by atoms with Gasteiger partial charge in [-0.1, -0.05) is 29.3 Å². The van der Waals surface area contributed by atoms with Crippen LogP contribution in [0.4, 0.5) is 0 Å². The van der Waals surface area contributed by atoms with Gasteiger partial charge in [0.15, 0.2) is 0 Å². The molecule has 0 saturated heterocycles. The van der Waals surface area contributed by atoms with Crippen molar-refractivity contribution in [3.63, 3.8) is 0 Å². The Bertz CT molecular complexity index is 487. The van der Waals surface area contributed by atoms with Gasteiger partial charge in [0.1, 0.15) is 5.16 Å². The van der Waals surface area contributed by atoms with Crippen LogP contribution in [-0.2, 0) is 0 Å². The molecule has 0 bridgehead atoms. The average molecular weight is 270 g/mol. The van der Waals surface area contributed by atoms with Crippen LogP contribution in [0, 0.1) is 0 Å². The van der Waals surface area contributed by atoms with E-state index in [0.717, 1.165) is 0 Å². The Kier molecular flexibility index (Phi) is 3.36. The van der Waals surface area contributed by atoms with Crippen LogP contribution in [0.2, 0.25) is 0 Å². The van der Waals surface area contributed by atoms with Gasteiger partial charge in [0.25, 0.3) is 5.91 Å². The van der Waals surface area contributed by atoms with Crippen molar-refractivity contribution < 1.29 is 4.79 Å². The third-order valence-electron chi connectivity index (χ3n) is 2.09. The minimum absolute atomic E-state index is 0.336. The van der Waals surface area contributed by atoms with Gasteiger partial charge in [0, 0.05) is 12.4 Å². The smallest absolute Gasteiger partial charge is 0.255 e. The van der Waals surface area contributed by atoms with Crippen LogP contribution in [0.5, 0.6) is 0 Å². The first-order valence-corrected chi connectivity index (χ1v) is 5.59. The number of carbonyl (C=O) groups is 1. The molecule has 4 nitrogen and oxygen atoms in total. The SMILES string of the molecule is O=C(NC1(Cl)C=CC=C(Cl)N1)c1cccnc1. The number of alkyl halides is 1. The highest BCUT2D eigenvalue weighted by Gasteiger charge is 2.28. The second-order valence-electron chi connectivity index (χ2n) is 3.41. The van der Waals surface area contributed by atoms with E-state index >= 15 is 0 Å². The van der Waals surface area contributed by atoms with Gasteiger partial charge >= 0.3 is 0 Å². The molecule has 17 heavy (non-hydrogen) atoms. The molecule has 2 rings (SSSR count). The molecule has 0 fully saturated rings. The number of carbonyl (C=O) groups excluding carboxylic acids is 1. The summed E-state index contributed by atoms with van der Waals surface area (Å²) in [7, 11) is 0. The zero-order chi connectivity index (χ0) is 12.3. The average Bonchev–Trinajstić information content (AvgIpc) is 2.29. The molecular formula is C11H9Cl2N3O. The minimum Gasteiger partial charge on any atom is -0.337 e. The molecule has 1 amide bonds. The molecule has 0 spiro atoms. The summed E-state index contributed by atoms with van der Waals surface area (Å²) in [4.78, 5) is 15.7. The molecule has 1 aliphatic rings. The van der Waals surface area contributed by atoms with Gasteiger partial charge in [-0.15, -0.1) is 0 Å². The number of pyridine rings is 1. The highest BCUT2D eigenvalue weighted by molar-refractivity contribution is 6.32. The third-order valence-corrected chi connectivity index (χ3v) is 2.62. The summed E-state index contributed by atoms with van der Waals surface area (Å²) in [6.07, 6.45) is 7.94. The molecule has 1 aromatic rings. The number of nitrogens with zero attached hydrogens (tertiary/aromatic N) is 1. The maximum absolute atomic E-state index is 11.9. The molecule has 88 valence electrons. The number of hydrogen-bond acceptors (Lipinski definition) is 3. The number of hydrogen-bond donors (Lipinski definition) is 2. The Morgan fingerprint density at radius 3 is 3.00 bits per heavy atom. The van der Waals surface area contributed by atoms with Crippen molar-refractivity contribution in [3.8, 4) is 0 Å². The van der Waals surface area contributed by atoms with Crippen molar-refractivity contribution in [3.05, 3.63) is 53.5 Å². The number of rotatable bonds is 2. The zero-order valence-electron chi connectivity index (χ0n) is 8.65. The Morgan fingerprint density at radius 1 is 1.53 bits per heavy atom. The Morgan fingerprint density at radius 2 is 2.35 bits per heavy atom. The summed E-state index contributed by atoms with van der Waals surface area (Å²) in [5, 5.41) is 4.50. The van der Waals surface area contributed by atoms with Crippen molar-refractivity contribution in [2.24, 2.45) is 0 Å². The van der Waals surface area contributed by atoms with Crippen LogP contribution in [0.3, 0.4) is 0 Å². The van der Waals surface area contributed by atoms with E-state index in [9.17, 15) is 4.79 Å². The Hall–Kier alpha value is -1.52. The Balaban J connectivity index is 2.10. The number of nitrogens with one attached hydrogen (secondary N) is 2. The highest BCUT2D eigenvalue weighted by Crippen LogP contribution is 2.18. The standard InChI is InChI=1S/C11H9Cl2N3O/c12-9-4-1-5-11(13,15-9)16-10(17)8-3-2-6-14-7-8/h1-7,15H,(H,16,17). The fourth-order valence-electron chi connectivity index (χ4n) is 1.33. The lowest BCUT2D eigenvalue weighted by Crippen LogP contribution is -2.53. The molecule has 0 saturated carbocycles. The van der Waals surface area contributed by atoms with E-state index in [-0.39, 0.29) is 5.91 Å². The largest absolute Gasteiger partial charge is 0.337 e. The van der Waals surface area contributed by atoms with Crippen LogP contribution >= 0.6 is 23.2 Å². The van der Waals surface area contributed by atoms with Crippen molar-refractivity contribution in [1.29, 1.82) is 0 Å². The lowest BCUT2D eigenvalue weighted by atomic mass is 10.2. The summed E-state index contributed by atoms with van der Waals surface area (Å²) >= 11 is 11.9. The summed E-state index contributed by atoms with van der Waals surface area (Å²) in [6, 6.07) is 3.32. The van der Waals surface area contributed by atoms with E-state index < -0.39 is 5.12 Å². The fourth-order valence-corrected chi connectivity index (χ4v) is 1.86. The first-order chi connectivity index (χ1) is 8.09. The predicted octanol–water partition coefficient (Wildman–Crippen LogP) is 1.94. The van der Waals surface area contributed by atoms with Gasteiger partial charge in [-0.05, 0) is 24.3 Å². The minimum atomic E-state index is -1.21. The summed E-state index contributed by atoms with van der Waals surface area (Å²) in [5.74, 6) is -0.336. The van der Waals surface area contributed by atoms with E-state index in [1.807, 2.05) is 0 Å². The Labute approximate surface area is 108 Å². The zero-order valence-corrected chi connectivity index (χ0v) is 10.2. The topological polar surface area (TPSA) is 54.0 Å². The van der Waals surface area contributed by atoms with Crippen molar-refractivity contribution >= 4 is 29.1 Å². The van der Waals surface area contributed by atoms with Crippen molar-refractivity contribution in [2.75, 3.05) is 0 Å². The number of halogens is 2. The molecule has 0 radical (unpaired) electrons. The lowest BCUT2D eigenvalue weighted by molar-refractivity contribution is 0.0932. The summed E-state index contributed by atoms with van der Waals surface area (Å²) < 4.78 is 0. The van der Waals surface area contributed by atoms with Crippen LogP contribution in [0.1, 0.15) is 10.4 Å². The first kappa shape index (κ1) is 12.0. The molecule has 2 N–H and O–H groups in total. The summed E-state index contributed by atoms with van der Waals surface area (Å²) in [5.41, 5.74) is 0.424. The van der Waals surface area contributed by atoms with Crippen molar-refractivity contribution in [2.45, 2.75) is 5.12 Å². The quantitative estimate of drug-likeness (QED) is 0.638. The molecule has 1 aliphatic heterocycles. The maximum atomic E-state index is 11.9. The molecular weight excluding hydrogens is 261 g/mol. The summed E-state index contributed by atoms with van der Waals surface area (Å²) in [6.45, 7) is 0. The number of allylic oxidation sites excluding steroid dienone is 2. The second kappa shape index (κ2) is 4.77. The van der Waals surface area contributed by atoms with Gasteiger partial charge in [-0.25, -0.2) is 0 Å². The molecule has 6 heteroatoms. The second-order valence-corrected chi connectivity index (χ2v) is 4.41. The molecule has 1 aromatic heterocycles. The van der Waals surface area contributed by atoms with Gasteiger partial charge in [-0.2, -0.15) is 0 Å². The van der Waals surface area contributed by atoms with Gasteiger partial charge in [0.2, 0.25) is 5.12 Å². The molecule has 0 aliphatic carbocycles. The van der Waals surface area contributed by atoms with Crippen LogP contribution in [-0.4, -0.2) is 16.0 Å². The molecule has 1 unspecified atom stereocenters. The number of dihydropyridines is 1. The fraction of sp³-hybridized carbons (Fsp3) is 0.0909. The maximum Gasteiger partial charge on any atom is 0.255 e. The predicted molar refractivity (Wildman–Crippen MR) is 66.5 cm³/mol. The van der Waals surface area contributed by atoms with E-state index in [1.54, 1.807) is 36.6 Å². The van der Waals surface area contributed by atoms with E-state index in [1.165, 1.54) is 6.20 Å². The van der Waals surface area contributed by atoms with Gasteiger partial charge in [-0.3, -0.25) is 9.78 Å². The third kappa shape index (κ3) is 2.99. The normalized spacial score (nSPS) is 22.6. The molecule has 1 atom stereocenters. The number of amides is 1. The first-order valence-electron chi connectivity index (χ1n) is 4.84. The van der Waals surface area contributed by atoms with Crippen LogP contribution in [0.15, 0.2) is 47.9 Å². The van der Waals surface area contributed by atoms with E-state index in [0.29, 0.717) is 10.7 Å². The molecule has 2 heterocycles. The van der Waals surface area contributed by atoms with Crippen molar-refractivity contribution in [1.82, 2.24) is 15.6 Å². The van der Waals surface area contributed by atoms with E-state index in [2.05, 4.69) is 15.6 Å². The van der Waals surface area contributed by atoms with E-state index in [4.69, 9.17) is 23.2 Å². The van der Waals surface area contributed by atoms with Gasteiger partial charge < -0.3 is 10.6 Å².